The lowest BCUT2D eigenvalue weighted by Crippen LogP contribution is -1.92. The quantitative estimate of drug-likeness (QED) is 0.312. The number of pyridine rings is 1. The molecule has 1 aliphatic rings. The van der Waals surface area contributed by atoms with Crippen molar-refractivity contribution in [2.75, 3.05) is 0 Å². The summed E-state index contributed by atoms with van der Waals surface area (Å²) in [6.07, 6.45) is 3.22. The van der Waals surface area contributed by atoms with Crippen molar-refractivity contribution in [3.63, 3.8) is 0 Å². The minimum Gasteiger partial charge on any atom is -0.316 e. The predicted octanol–water partition coefficient (Wildman–Crippen LogP) is 5.82. The van der Waals surface area contributed by atoms with Crippen molar-refractivity contribution in [2.24, 2.45) is 0 Å². The summed E-state index contributed by atoms with van der Waals surface area (Å²) < 4.78 is 2.33. The molecule has 0 fully saturated rings. The molecular formula is C23H15N. The van der Waals surface area contributed by atoms with Crippen LogP contribution < -0.4 is 0 Å². The maximum atomic E-state index is 2.33. The van der Waals surface area contributed by atoms with Crippen molar-refractivity contribution in [1.29, 1.82) is 0 Å². The smallest absolute Gasteiger partial charge is 0.0541 e. The van der Waals surface area contributed by atoms with Gasteiger partial charge >= 0.3 is 0 Å². The number of hydrogen-bond acceptors (Lipinski definition) is 0. The van der Waals surface area contributed by atoms with E-state index in [0.29, 0.717) is 0 Å². The Labute approximate surface area is 139 Å². The zero-order valence-electron chi connectivity index (χ0n) is 13.2. The Morgan fingerprint density at radius 3 is 2.46 bits per heavy atom. The Hall–Kier alpha value is -3.06. The molecule has 1 nitrogen and oxygen atoms in total. The van der Waals surface area contributed by atoms with Crippen LogP contribution in [-0.4, -0.2) is 4.40 Å². The highest BCUT2D eigenvalue weighted by atomic mass is 14.9. The van der Waals surface area contributed by atoms with Crippen LogP contribution in [0.25, 0.3) is 38.3 Å². The molecule has 0 saturated carbocycles. The van der Waals surface area contributed by atoms with Gasteiger partial charge in [0.2, 0.25) is 0 Å². The van der Waals surface area contributed by atoms with Gasteiger partial charge in [0.15, 0.2) is 0 Å². The van der Waals surface area contributed by atoms with Gasteiger partial charge in [-0.25, -0.2) is 0 Å². The molecule has 0 radical (unpaired) electrons. The van der Waals surface area contributed by atoms with Gasteiger partial charge in [-0.1, -0.05) is 54.6 Å². The van der Waals surface area contributed by atoms with Gasteiger partial charge in [-0.15, -0.1) is 0 Å². The van der Waals surface area contributed by atoms with Gasteiger partial charge in [0.25, 0.3) is 0 Å². The molecule has 0 spiro atoms. The first-order valence-corrected chi connectivity index (χ1v) is 8.43. The number of rotatable bonds is 0. The highest BCUT2D eigenvalue weighted by Crippen LogP contribution is 2.44. The van der Waals surface area contributed by atoms with Crippen LogP contribution in [0.5, 0.6) is 0 Å². The second-order valence-corrected chi connectivity index (χ2v) is 6.64. The SMILES string of the molecule is c1ccc2c(c1)Cc1ccc3c4ccccc4n4cccc4c3c1-2. The van der Waals surface area contributed by atoms with Crippen molar-refractivity contribution < 1.29 is 0 Å². The molecule has 0 atom stereocenters. The summed E-state index contributed by atoms with van der Waals surface area (Å²) in [6, 6.07) is 26.6. The average Bonchev–Trinajstić information content (AvgIpc) is 3.26. The van der Waals surface area contributed by atoms with E-state index in [-0.39, 0.29) is 0 Å². The fourth-order valence-corrected chi connectivity index (χ4v) is 4.42. The van der Waals surface area contributed by atoms with Crippen molar-refractivity contribution in [1.82, 2.24) is 4.40 Å². The van der Waals surface area contributed by atoms with Gasteiger partial charge in [0.1, 0.15) is 0 Å². The van der Waals surface area contributed by atoms with E-state index in [2.05, 4.69) is 83.4 Å². The molecule has 2 heterocycles. The molecular weight excluding hydrogens is 290 g/mol. The molecule has 0 saturated heterocycles. The standard InChI is InChI=1S/C23H15N/c1-2-7-17-15(6-1)14-16-11-12-19-18-8-3-4-9-20(18)24-13-5-10-21(24)23(19)22(16)17/h1-13H,14H2. The third-order valence-electron chi connectivity index (χ3n) is 5.42. The molecule has 0 aliphatic heterocycles. The van der Waals surface area contributed by atoms with E-state index in [4.69, 9.17) is 0 Å². The van der Waals surface area contributed by atoms with Crippen LogP contribution in [0, 0.1) is 0 Å². The van der Waals surface area contributed by atoms with Gasteiger partial charge in [-0.05, 0) is 52.3 Å². The van der Waals surface area contributed by atoms with Gasteiger partial charge in [-0.3, -0.25) is 0 Å². The lowest BCUT2D eigenvalue weighted by atomic mass is 9.95. The average molecular weight is 305 g/mol. The monoisotopic (exact) mass is 305 g/mol. The number of nitrogens with zero attached hydrogens (tertiary/aromatic N) is 1. The summed E-state index contributed by atoms with van der Waals surface area (Å²) in [7, 11) is 0. The highest BCUT2D eigenvalue weighted by molar-refractivity contribution is 6.19. The Balaban J connectivity index is 1.94. The van der Waals surface area contributed by atoms with Gasteiger partial charge in [-0.2, -0.15) is 0 Å². The molecule has 0 bridgehead atoms. The molecule has 0 N–H and O–H groups in total. The van der Waals surface area contributed by atoms with Crippen molar-refractivity contribution >= 4 is 27.2 Å². The number of aromatic nitrogens is 1. The molecule has 1 heteroatoms. The second kappa shape index (κ2) is 4.27. The first-order valence-electron chi connectivity index (χ1n) is 8.43. The van der Waals surface area contributed by atoms with E-state index in [1.807, 2.05) is 0 Å². The van der Waals surface area contributed by atoms with Gasteiger partial charge in [0.05, 0.1) is 11.0 Å². The molecule has 6 rings (SSSR count). The summed E-state index contributed by atoms with van der Waals surface area (Å²) in [5.74, 6) is 0. The Bertz CT molecular complexity index is 1270. The summed E-state index contributed by atoms with van der Waals surface area (Å²) in [6.45, 7) is 0. The molecule has 0 amide bonds. The second-order valence-electron chi connectivity index (χ2n) is 6.64. The van der Waals surface area contributed by atoms with Gasteiger partial charge in [0, 0.05) is 17.0 Å². The van der Waals surface area contributed by atoms with E-state index in [0.717, 1.165) is 6.42 Å². The topological polar surface area (TPSA) is 4.41 Å². The third kappa shape index (κ3) is 1.40. The molecule has 112 valence electrons. The van der Waals surface area contributed by atoms with Crippen molar-refractivity contribution in [3.8, 4) is 11.1 Å². The highest BCUT2D eigenvalue weighted by Gasteiger charge is 2.22. The molecule has 5 aromatic rings. The number of hydrogen-bond donors (Lipinski definition) is 0. The minimum absolute atomic E-state index is 1.04. The van der Waals surface area contributed by atoms with Crippen LogP contribution in [0.1, 0.15) is 11.1 Å². The maximum absolute atomic E-state index is 2.33. The first kappa shape index (κ1) is 12.4. The van der Waals surface area contributed by atoms with Crippen LogP contribution >= 0.6 is 0 Å². The van der Waals surface area contributed by atoms with E-state index >= 15 is 0 Å². The molecule has 1 aliphatic carbocycles. The lowest BCUT2D eigenvalue weighted by molar-refractivity contribution is 1.26. The summed E-state index contributed by atoms with van der Waals surface area (Å²) in [4.78, 5) is 0. The summed E-state index contributed by atoms with van der Waals surface area (Å²) >= 11 is 0. The van der Waals surface area contributed by atoms with E-state index < -0.39 is 0 Å². The minimum atomic E-state index is 1.04. The van der Waals surface area contributed by atoms with Crippen molar-refractivity contribution in [2.45, 2.75) is 6.42 Å². The zero-order chi connectivity index (χ0) is 15.7. The third-order valence-corrected chi connectivity index (χ3v) is 5.42. The van der Waals surface area contributed by atoms with Crippen LogP contribution in [0.3, 0.4) is 0 Å². The van der Waals surface area contributed by atoms with Crippen molar-refractivity contribution in [3.05, 3.63) is 90.1 Å². The largest absolute Gasteiger partial charge is 0.316 e. The number of fused-ring (bicyclic) bond motifs is 10. The fraction of sp³-hybridized carbons (Fsp3) is 0.0435. The number of benzene rings is 3. The van der Waals surface area contributed by atoms with Crippen LogP contribution in [0.2, 0.25) is 0 Å². The zero-order valence-corrected chi connectivity index (χ0v) is 13.2. The fourth-order valence-electron chi connectivity index (χ4n) is 4.42. The van der Waals surface area contributed by atoms with Crippen LogP contribution in [0.15, 0.2) is 79.0 Å². The van der Waals surface area contributed by atoms with E-state index in [9.17, 15) is 0 Å². The lowest BCUT2D eigenvalue weighted by Gasteiger charge is -2.13. The van der Waals surface area contributed by atoms with E-state index in [1.54, 1.807) is 0 Å². The van der Waals surface area contributed by atoms with E-state index in [1.165, 1.54) is 49.4 Å². The Kier molecular flexibility index (Phi) is 2.20. The number of para-hydroxylation sites is 1. The van der Waals surface area contributed by atoms with Gasteiger partial charge < -0.3 is 4.40 Å². The predicted molar refractivity (Wildman–Crippen MR) is 101 cm³/mol. The molecule has 3 aromatic carbocycles. The normalized spacial score (nSPS) is 12.8. The summed E-state index contributed by atoms with van der Waals surface area (Å²) in [5, 5.41) is 4.07. The molecule has 2 aromatic heterocycles. The Morgan fingerprint density at radius 1 is 0.625 bits per heavy atom. The van der Waals surface area contributed by atoms with Crippen LogP contribution in [-0.2, 0) is 6.42 Å². The Morgan fingerprint density at radius 2 is 1.46 bits per heavy atom. The summed E-state index contributed by atoms with van der Waals surface area (Å²) in [5.41, 5.74) is 8.29. The first-order chi connectivity index (χ1) is 11.9. The molecule has 24 heavy (non-hydrogen) atoms. The maximum Gasteiger partial charge on any atom is 0.0541 e. The molecule has 0 unspecified atom stereocenters. The van der Waals surface area contributed by atoms with Crippen LogP contribution in [0.4, 0.5) is 0 Å².